The standard InChI is InChI=1S/C23H29N7O2/c24-17-3-1-2-4-18(17)27-23-28-19-9-10-25-22(31)20(19)21(29-23)26-15-5-7-16(8-6-15)30-11-13-32-14-12-30/h5-10,17-18H,1-4,11-14,24H2,(H,25,31)(H2,26,27,28,29). The first-order valence-electron chi connectivity index (χ1n) is 11.3. The number of hydrogen-bond donors (Lipinski definition) is 4. The molecule has 2 fully saturated rings. The number of aromatic nitrogens is 3. The van der Waals surface area contributed by atoms with Crippen LogP contribution in [0.5, 0.6) is 0 Å². The fourth-order valence-corrected chi connectivity index (χ4v) is 4.46. The predicted octanol–water partition coefficient (Wildman–Crippen LogP) is 2.58. The predicted molar refractivity (Wildman–Crippen MR) is 127 cm³/mol. The highest BCUT2D eigenvalue weighted by atomic mass is 16.5. The van der Waals surface area contributed by atoms with Crippen molar-refractivity contribution in [1.82, 2.24) is 15.0 Å². The maximum atomic E-state index is 12.6. The summed E-state index contributed by atoms with van der Waals surface area (Å²) in [6, 6.07) is 10.1. The van der Waals surface area contributed by atoms with E-state index in [1.165, 1.54) is 0 Å². The Kier molecular flexibility index (Phi) is 5.91. The molecular formula is C23H29N7O2. The summed E-state index contributed by atoms with van der Waals surface area (Å²) >= 11 is 0. The number of pyridine rings is 1. The molecule has 32 heavy (non-hydrogen) atoms. The molecular weight excluding hydrogens is 406 g/mol. The largest absolute Gasteiger partial charge is 0.378 e. The molecule has 1 saturated heterocycles. The minimum atomic E-state index is -0.226. The molecule has 1 aromatic carbocycles. The Balaban J connectivity index is 1.43. The summed E-state index contributed by atoms with van der Waals surface area (Å²) in [5.41, 5.74) is 8.66. The Morgan fingerprint density at radius 2 is 1.84 bits per heavy atom. The van der Waals surface area contributed by atoms with E-state index in [1.54, 1.807) is 12.3 Å². The molecule has 5 rings (SSSR count). The molecule has 0 amide bonds. The van der Waals surface area contributed by atoms with E-state index in [-0.39, 0.29) is 17.6 Å². The number of morpholine rings is 1. The average molecular weight is 436 g/mol. The third kappa shape index (κ3) is 4.39. The van der Waals surface area contributed by atoms with E-state index in [4.69, 9.17) is 10.5 Å². The van der Waals surface area contributed by atoms with E-state index in [1.807, 2.05) is 12.1 Å². The third-order valence-corrected chi connectivity index (χ3v) is 6.26. The molecule has 3 aromatic rings. The van der Waals surface area contributed by atoms with Crippen molar-refractivity contribution < 1.29 is 4.74 Å². The number of rotatable bonds is 5. The molecule has 0 radical (unpaired) electrons. The number of H-pyrrole nitrogens is 1. The number of hydrogen-bond acceptors (Lipinski definition) is 8. The minimum Gasteiger partial charge on any atom is -0.378 e. The van der Waals surface area contributed by atoms with Gasteiger partial charge in [-0.05, 0) is 43.2 Å². The second kappa shape index (κ2) is 9.13. The van der Waals surface area contributed by atoms with Crippen LogP contribution in [0.4, 0.5) is 23.1 Å². The van der Waals surface area contributed by atoms with Crippen LogP contribution in [0.1, 0.15) is 25.7 Å². The van der Waals surface area contributed by atoms with Gasteiger partial charge in [-0.15, -0.1) is 0 Å². The highest BCUT2D eigenvalue weighted by molar-refractivity contribution is 5.91. The Morgan fingerprint density at radius 3 is 2.62 bits per heavy atom. The molecule has 1 aliphatic carbocycles. The smallest absolute Gasteiger partial charge is 0.261 e. The van der Waals surface area contributed by atoms with Gasteiger partial charge in [0.25, 0.3) is 5.56 Å². The topological polar surface area (TPSA) is 121 Å². The van der Waals surface area contributed by atoms with Gasteiger partial charge >= 0.3 is 0 Å². The summed E-state index contributed by atoms with van der Waals surface area (Å²) in [6.45, 7) is 3.26. The van der Waals surface area contributed by atoms with Gasteiger partial charge < -0.3 is 31.0 Å². The molecule has 168 valence electrons. The molecule has 3 heterocycles. The van der Waals surface area contributed by atoms with Gasteiger partial charge in [0, 0.05) is 42.7 Å². The molecule has 5 N–H and O–H groups in total. The van der Waals surface area contributed by atoms with Crippen molar-refractivity contribution in [3.63, 3.8) is 0 Å². The zero-order valence-electron chi connectivity index (χ0n) is 18.0. The van der Waals surface area contributed by atoms with Crippen LogP contribution in [0.15, 0.2) is 41.3 Å². The van der Waals surface area contributed by atoms with Crippen molar-refractivity contribution in [2.45, 2.75) is 37.8 Å². The highest BCUT2D eigenvalue weighted by Gasteiger charge is 2.23. The zero-order chi connectivity index (χ0) is 21.9. The van der Waals surface area contributed by atoms with E-state index in [2.05, 4.69) is 42.6 Å². The molecule has 0 bridgehead atoms. The Hall–Kier alpha value is -3.17. The Labute approximate surface area is 186 Å². The van der Waals surface area contributed by atoms with Gasteiger partial charge in [-0.1, -0.05) is 12.8 Å². The van der Waals surface area contributed by atoms with Crippen molar-refractivity contribution in [1.29, 1.82) is 0 Å². The van der Waals surface area contributed by atoms with Crippen LogP contribution in [0.3, 0.4) is 0 Å². The molecule has 2 atom stereocenters. The molecule has 9 nitrogen and oxygen atoms in total. The lowest BCUT2D eigenvalue weighted by Gasteiger charge is -2.29. The van der Waals surface area contributed by atoms with Gasteiger partial charge in [0.15, 0.2) is 0 Å². The van der Waals surface area contributed by atoms with Gasteiger partial charge in [0.1, 0.15) is 11.2 Å². The molecule has 2 unspecified atom stereocenters. The van der Waals surface area contributed by atoms with Crippen LogP contribution in [0.2, 0.25) is 0 Å². The number of nitrogens with one attached hydrogen (secondary N) is 3. The van der Waals surface area contributed by atoms with E-state index < -0.39 is 0 Å². The maximum absolute atomic E-state index is 12.6. The number of nitrogens with zero attached hydrogens (tertiary/aromatic N) is 3. The quantitative estimate of drug-likeness (QED) is 0.483. The average Bonchev–Trinajstić information content (AvgIpc) is 2.82. The number of benzene rings is 1. The van der Waals surface area contributed by atoms with Gasteiger partial charge in [-0.2, -0.15) is 4.98 Å². The number of aromatic amines is 1. The van der Waals surface area contributed by atoms with Crippen LogP contribution in [0, 0.1) is 0 Å². The summed E-state index contributed by atoms with van der Waals surface area (Å²) in [6.07, 6.45) is 5.88. The SMILES string of the molecule is NC1CCCCC1Nc1nc(Nc2ccc(N3CCOCC3)cc2)c2c(=O)[nH]ccc2n1. The number of ether oxygens (including phenoxy) is 1. The fraction of sp³-hybridized carbons (Fsp3) is 0.435. The number of fused-ring (bicyclic) bond motifs is 1. The number of nitrogens with two attached hydrogens (primary N) is 1. The first-order valence-corrected chi connectivity index (χ1v) is 11.3. The van der Waals surface area contributed by atoms with Crippen molar-refractivity contribution in [3.05, 3.63) is 46.9 Å². The first kappa shape index (κ1) is 20.7. The molecule has 2 aromatic heterocycles. The fourth-order valence-electron chi connectivity index (χ4n) is 4.46. The van der Waals surface area contributed by atoms with Crippen LogP contribution in [-0.4, -0.2) is 53.3 Å². The summed E-state index contributed by atoms with van der Waals surface area (Å²) in [5, 5.41) is 7.16. The second-order valence-corrected chi connectivity index (χ2v) is 8.43. The van der Waals surface area contributed by atoms with Crippen molar-refractivity contribution in [2.75, 3.05) is 41.8 Å². The highest BCUT2D eigenvalue weighted by Crippen LogP contribution is 2.26. The maximum Gasteiger partial charge on any atom is 0.261 e. The first-order chi connectivity index (χ1) is 15.7. The monoisotopic (exact) mass is 435 g/mol. The summed E-state index contributed by atoms with van der Waals surface area (Å²) in [7, 11) is 0. The summed E-state index contributed by atoms with van der Waals surface area (Å²) in [5.74, 6) is 0.959. The van der Waals surface area contributed by atoms with E-state index in [9.17, 15) is 4.79 Å². The van der Waals surface area contributed by atoms with E-state index in [0.29, 0.717) is 22.7 Å². The summed E-state index contributed by atoms with van der Waals surface area (Å²) in [4.78, 5) is 26.8. The van der Waals surface area contributed by atoms with E-state index >= 15 is 0 Å². The molecule has 9 heteroatoms. The summed E-state index contributed by atoms with van der Waals surface area (Å²) < 4.78 is 5.43. The van der Waals surface area contributed by atoms with Crippen LogP contribution in [-0.2, 0) is 4.74 Å². The normalized spacial score (nSPS) is 21.5. The molecule has 2 aliphatic rings. The molecule has 0 spiro atoms. The Bertz CT molecular complexity index is 1130. The molecule has 1 saturated carbocycles. The van der Waals surface area contributed by atoms with Crippen molar-refractivity contribution in [2.24, 2.45) is 5.73 Å². The van der Waals surface area contributed by atoms with Gasteiger partial charge in [-0.3, -0.25) is 4.79 Å². The lowest BCUT2D eigenvalue weighted by atomic mass is 9.91. The van der Waals surface area contributed by atoms with Crippen molar-refractivity contribution in [3.8, 4) is 0 Å². The van der Waals surface area contributed by atoms with Crippen LogP contribution < -0.4 is 26.8 Å². The number of anilines is 4. The molecule has 1 aliphatic heterocycles. The third-order valence-electron chi connectivity index (χ3n) is 6.26. The van der Waals surface area contributed by atoms with E-state index in [0.717, 1.165) is 63.4 Å². The van der Waals surface area contributed by atoms with Crippen LogP contribution >= 0.6 is 0 Å². The zero-order valence-corrected chi connectivity index (χ0v) is 18.0. The Morgan fingerprint density at radius 1 is 1.06 bits per heavy atom. The van der Waals surface area contributed by atoms with Crippen molar-refractivity contribution >= 4 is 34.0 Å². The lowest BCUT2D eigenvalue weighted by Crippen LogP contribution is -2.43. The van der Waals surface area contributed by atoms with Gasteiger partial charge in [-0.25, -0.2) is 4.98 Å². The second-order valence-electron chi connectivity index (χ2n) is 8.43. The lowest BCUT2D eigenvalue weighted by molar-refractivity contribution is 0.122. The minimum absolute atomic E-state index is 0.0753. The van der Waals surface area contributed by atoms with Crippen LogP contribution in [0.25, 0.3) is 10.9 Å². The van der Waals surface area contributed by atoms with Gasteiger partial charge in [0.05, 0.1) is 18.7 Å². The van der Waals surface area contributed by atoms with Gasteiger partial charge in [0.2, 0.25) is 5.95 Å².